The number of carbonyl (C=O) groups is 2. The van der Waals surface area contributed by atoms with Gasteiger partial charge in [0.2, 0.25) is 0 Å². The summed E-state index contributed by atoms with van der Waals surface area (Å²) in [6, 6.07) is 0. The monoisotopic (exact) mass is 790 g/mol. The number of esters is 2. The SMILES string of the molecule is CCCCCCCCCCCCCCCCCCCCCCC(=O)OC(COC(=O)CCCCCCCCCCCCCCC)COP(=O)(O)OCCN. The van der Waals surface area contributed by atoms with Crippen LogP contribution in [0.25, 0.3) is 0 Å². The Morgan fingerprint density at radius 2 is 0.796 bits per heavy atom. The van der Waals surface area contributed by atoms with Crippen molar-refractivity contribution in [1.29, 1.82) is 0 Å². The van der Waals surface area contributed by atoms with E-state index < -0.39 is 26.5 Å². The maximum Gasteiger partial charge on any atom is 0.472 e. The lowest BCUT2D eigenvalue weighted by atomic mass is 10.0. The van der Waals surface area contributed by atoms with E-state index in [1.165, 1.54) is 173 Å². The van der Waals surface area contributed by atoms with E-state index in [4.69, 9.17) is 24.3 Å². The molecule has 2 unspecified atom stereocenters. The summed E-state index contributed by atoms with van der Waals surface area (Å²) in [5, 5.41) is 0. The Morgan fingerprint density at radius 1 is 0.481 bits per heavy atom. The molecule has 0 fully saturated rings. The Morgan fingerprint density at radius 3 is 1.13 bits per heavy atom. The molecule has 0 rings (SSSR count). The fourth-order valence-electron chi connectivity index (χ4n) is 6.81. The van der Waals surface area contributed by atoms with Crippen molar-refractivity contribution in [2.75, 3.05) is 26.4 Å². The molecule has 10 heteroatoms. The molecule has 3 N–H and O–H groups in total. The first-order valence-electron chi connectivity index (χ1n) is 23.0. The Labute approximate surface area is 333 Å². The molecule has 2 atom stereocenters. The number of phosphoric ester groups is 1. The highest BCUT2D eigenvalue weighted by atomic mass is 31.2. The lowest BCUT2D eigenvalue weighted by Gasteiger charge is -2.19. The topological polar surface area (TPSA) is 134 Å². The summed E-state index contributed by atoms with van der Waals surface area (Å²) in [6.45, 7) is 3.78. The maximum absolute atomic E-state index is 12.6. The van der Waals surface area contributed by atoms with Crippen molar-refractivity contribution in [1.82, 2.24) is 0 Å². The third-order valence-corrected chi connectivity index (χ3v) is 11.2. The maximum atomic E-state index is 12.6. The van der Waals surface area contributed by atoms with Crippen molar-refractivity contribution in [3.8, 4) is 0 Å². The minimum atomic E-state index is -4.37. The molecule has 0 bridgehead atoms. The molecular weight excluding hydrogens is 701 g/mol. The number of rotatable bonds is 44. The Bertz CT molecular complexity index is 860. The summed E-state index contributed by atoms with van der Waals surface area (Å²) in [4.78, 5) is 34.9. The number of ether oxygens (including phenoxy) is 2. The van der Waals surface area contributed by atoms with Gasteiger partial charge in [0.25, 0.3) is 0 Å². The second kappa shape index (κ2) is 41.6. The van der Waals surface area contributed by atoms with Gasteiger partial charge in [-0.05, 0) is 12.8 Å². The largest absolute Gasteiger partial charge is 0.472 e. The molecule has 0 aromatic heterocycles. The van der Waals surface area contributed by atoms with Crippen LogP contribution in [0.15, 0.2) is 0 Å². The normalized spacial score (nSPS) is 13.2. The van der Waals surface area contributed by atoms with Crippen LogP contribution in [0.2, 0.25) is 0 Å². The molecule has 0 aliphatic rings. The van der Waals surface area contributed by atoms with E-state index >= 15 is 0 Å². The highest BCUT2D eigenvalue weighted by Gasteiger charge is 2.26. The van der Waals surface area contributed by atoms with Gasteiger partial charge in [0.05, 0.1) is 13.2 Å². The van der Waals surface area contributed by atoms with Gasteiger partial charge in [-0.15, -0.1) is 0 Å². The molecule has 0 saturated heterocycles. The second-order valence-corrected chi connectivity index (χ2v) is 17.1. The van der Waals surface area contributed by atoms with E-state index in [9.17, 15) is 19.0 Å². The summed E-state index contributed by atoms with van der Waals surface area (Å²) >= 11 is 0. The second-order valence-electron chi connectivity index (χ2n) is 15.6. The van der Waals surface area contributed by atoms with Crippen LogP contribution < -0.4 is 5.73 Å². The Kier molecular flexibility index (Phi) is 40.9. The molecule has 9 nitrogen and oxygen atoms in total. The number of carbonyl (C=O) groups excluding carboxylic acids is 2. The first-order valence-corrected chi connectivity index (χ1v) is 24.5. The van der Waals surface area contributed by atoms with Gasteiger partial charge in [0, 0.05) is 19.4 Å². The van der Waals surface area contributed by atoms with Crippen LogP contribution in [0.1, 0.15) is 239 Å². The minimum Gasteiger partial charge on any atom is -0.462 e. The summed E-state index contributed by atoms with van der Waals surface area (Å²) < 4.78 is 32.8. The number of nitrogens with two attached hydrogens (primary N) is 1. The summed E-state index contributed by atoms with van der Waals surface area (Å²) in [6.07, 6.45) is 41.3. The van der Waals surface area contributed by atoms with Crippen LogP contribution >= 0.6 is 7.82 Å². The van der Waals surface area contributed by atoms with E-state index in [-0.39, 0.29) is 38.6 Å². The highest BCUT2D eigenvalue weighted by molar-refractivity contribution is 7.47. The van der Waals surface area contributed by atoms with Gasteiger partial charge in [-0.3, -0.25) is 18.6 Å². The molecule has 0 aromatic carbocycles. The first kappa shape index (κ1) is 53.0. The average molecular weight is 790 g/mol. The quantitative estimate of drug-likeness (QED) is 0.0351. The zero-order chi connectivity index (χ0) is 39.6. The van der Waals surface area contributed by atoms with E-state index in [1.807, 2.05) is 0 Å². The molecule has 0 aromatic rings. The van der Waals surface area contributed by atoms with Crippen molar-refractivity contribution < 1.29 is 37.6 Å². The zero-order valence-electron chi connectivity index (χ0n) is 35.5. The van der Waals surface area contributed by atoms with Crippen LogP contribution in [-0.4, -0.2) is 49.3 Å². The third kappa shape index (κ3) is 40.7. The third-order valence-electron chi connectivity index (χ3n) is 10.2. The standard InChI is InChI=1S/C44H88NO8P/c1-3-5-7-9-11-13-15-17-18-19-20-21-22-23-25-27-29-31-33-35-37-44(47)53-42(41-52-54(48,49)51-39-38-45)40-50-43(46)36-34-32-30-28-26-24-16-14-12-10-8-6-4-2/h42H,3-41,45H2,1-2H3,(H,48,49). The molecule has 0 amide bonds. The molecule has 0 spiro atoms. The van der Waals surface area contributed by atoms with E-state index in [0.29, 0.717) is 6.42 Å². The molecule has 0 aliphatic heterocycles. The number of hydrogen-bond donors (Lipinski definition) is 2. The molecular formula is C44H88NO8P. The van der Waals surface area contributed by atoms with Crippen molar-refractivity contribution in [2.24, 2.45) is 5.73 Å². The highest BCUT2D eigenvalue weighted by Crippen LogP contribution is 2.43. The molecule has 0 heterocycles. The Balaban J connectivity index is 4.04. The van der Waals surface area contributed by atoms with Crippen molar-refractivity contribution in [2.45, 2.75) is 245 Å². The van der Waals surface area contributed by atoms with Crippen LogP contribution in [0.4, 0.5) is 0 Å². The van der Waals surface area contributed by atoms with Crippen molar-refractivity contribution >= 4 is 19.8 Å². The van der Waals surface area contributed by atoms with Crippen LogP contribution in [0.3, 0.4) is 0 Å². The predicted octanol–water partition coefficient (Wildman–Crippen LogP) is 13.2. The number of phosphoric acid groups is 1. The molecule has 54 heavy (non-hydrogen) atoms. The van der Waals surface area contributed by atoms with Gasteiger partial charge in [-0.25, -0.2) is 4.57 Å². The number of unbranched alkanes of at least 4 members (excludes halogenated alkanes) is 31. The van der Waals surface area contributed by atoms with Crippen LogP contribution in [0.5, 0.6) is 0 Å². The molecule has 0 saturated carbocycles. The summed E-state index contributed by atoms with van der Waals surface area (Å²) in [7, 11) is -4.37. The van der Waals surface area contributed by atoms with Gasteiger partial charge in [0.15, 0.2) is 6.10 Å². The fraction of sp³-hybridized carbons (Fsp3) is 0.955. The van der Waals surface area contributed by atoms with Crippen LogP contribution in [0, 0.1) is 0 Å². The molecule has 0 radical (unpaired) electrons. The average Bonchev–Trinajstić information content (AvgIpc) is 3.16. The predicted molar refractivity (Wildman–Crippen MR) is 225 cm³/mol. The van der Waals surface area contributed by atoms with E-state index in [1.54, 1.807) is 0 Å². The molecule has 0 aliphatic carbocycles. The van der Waals surface area contributed by atoms with Crippen molar-refractivity contribution in [3.63, 3.8) is 0 Å². The smallest absolute Gasteiger partial charge is 0.462 e. The van der Waals surface area contributed by atoms with Gasteiger partial charge in [0.1, 0.15) is 6.61 Å². The van der Waals surface area contributed by atoms with Gasteiger partial charge in [-0.1, -0.05) is 213 Å². The zero-order valence-corrected chi connectivity index (χ0v) is 36.4. The first-order chi connectivity index (χ1) is 26.3. The molecule has 322 valence electrons. The lowest BCUT2D eigenvalue weighted by molar-refractivity contribution is -0.161. The fourth-order valence-corrected chi connectivity index (χ4v) is 7.58. The summed E-state index contributed by atoms with van der Waals surface area (Å²) in [5.41, 5.74) is 5.35. The van der Waals surface area contributed by atoms with Crippen LogP contribution in [-0.2, 0) is 32.7 Å². The van der Waals surface area contributed by atoms with E-state index in [2.05, 4.69) is 13.8 Å². The minimum absolute atomic E-state index is 0.0581. The van der Waals surface area contributed by atoms with E-state index in [0.717, 1.165) is 32.1 Å². The lowest BCUT2D eigenvalue weighted by Crippen LogP contribution is -2.29. The number of hydrogen-bond acceptors (Lipinski definition) is 8. The van der Waals surface area contributed by atoms with Gasteiger partial charge < -0.3 is 20.1 Å². The van der Waals surface area contributed by atoms with Crippen molar-refractivity contribution in [3.05, 3.63) is 0 Å². The van der Waals surface area contributed by atoms with Gasteiger partial charge >= 0.3 is 19.8 Å². The Hall–Kier alpha value is -0.990. The van der Waals surface area contributed by atoms with Gasteiger partial charge in [-0.2, -0.15) is 0 Å². The summed E-state index contributed by atoms with van der Waals surface area (Å²) in [5.74, 6) is -0.811.